The minimum Gasteiger partial charge on any atom is -0.361 e. The molecule has 0 amide bonds. The molecule has 0 aromatic carbocycles. The Balaban J connectivity index is 1.90. The van der Waals surface area contributed by atoms with Gasteiger partial charge in [0.05, 0.1) is 28.5 Å². The van der Waals surface area contributed by atoms with Crippen molar-refractivity contribution < 1.29 is 4.52 Å². The Bertz CT molecular complexity index is 1030. The van der Waals surface area contributed by atoms with Crippen LogP contribution in [0.25, 0.3) is 22.2 Å². The Morgan fingerprint density at radius 2 is 1.96 bits per heavy atom. The molecule has 5 heteroatoms. The molecule has 4 heterocycles. The van der Waals surface area contributed by atoms with Crippen molar-refractivity contribution in [1.82, 2.24) is 19.7 Å². The molecule has 5 nitrogen and oxygen atoms in total. The molecule has 0 aliphatic heterocycles. The van der Waals surface area contributed by atoms with Gasteiger partial charge in [0.15, 0.2) is 0 Å². The molecule has 0 fully saturated rings. The van der Waals surface area contributed by atoms with Gasteiger partial charge in [-0.2, -0.15) is 0 Å². The van der Waals surface area contributed by atoms with E-state index in [0.29, 0.717) is 0 Å². The van der Waals surface area contributed by atoms with Crippen molar-refractivity contribution >= 4 is 11.0 Å². The van der Waals surface area contributed by atoms with E-state index in [1.165, 1.54) is 0 Å². The van der Waals surface area contributed by atoms with Crippen molar-refractivity contribution in [1.29, 1.82) is 0 Å². The molecule has 0 spiro atoms. The summed E-state index contributed by atoms with van der Waals surface area (Å²) in [4.78, 5) is 9.21. The lowest BCUT2D eigenvalue weighted by molar-refractivity contribution is 0.393. The van der Waals surface area contributed by atoms with Crippen LogP contribution >= 0.6 is 0 Å². The topological polar surface area (TPSA) is 56.7 Å². The number of nitrogens with zero attached hydrogens (tertiary/aromatic N) is 4. The summed E-state index contributed by atoms with van der Waals surface area (Å²) in [5.74, 6) is 0.811. The number of hydrogen-bond donors (Lipinski definition) is 0. The predicted octanol–water partition coefficient (Wildman–Crippen LogP) is 4.62. The van der Waals surface area contributed by atoms with Crippen LogP contribution in [-0.4, -0.2) is 19.7 Å². The number of aryl methyl sites for hydroxylation is 3. The Labute approximate surface area is 146 Å². The van der Waals surface area contributed by atoms with Crippen LogP contribution in [0.1, 0.15) is 35.7 Å². The first kappa shape index (κ1) is 15.6. The molecule has 0 aliphatic carbocycles. The molecule has 4 aromatic heterocycles. The van der Waals surface area contributed by atoms with Crippen LogP contribution in [0, 0.1) is 20.8 Å². The van der Waals surface area contributed by atoms with E-state index in [4.69, 9.17) is 9.51 Å². The molecule has 4 rings (SSSR count). The molecule has 4 aromatic rings. The van der Waals surface area contributed by atoms with E-state index in [1.54, 1.807) is 0 Å². The monoisotopic (exact) mass is 332 g/mol. The average molecular weight is 332 g/mol. The molecular weight excluding hydrogens is 312 g/mol. The zero-order chi connectivity index (χ0) is 17.6. The minimum absolute atomic E-state index is 0.124. The third-order valence-electron chi connectivity index (χ3n) is 4.71. The minimum atomic E-state index is 0.124. The first-order valence-corrected chi connectivity index (χ1v) is 8.37. The van der Waals surface area contributed by atoms with Gasteiger partial charge in [-0.15, -0.1) is 0 Å². The maximum atomic E-state index is 5.32. The van der Waals surface area contributed by atoms with Crippen LogP contribution in [0.3, 0.4) is 0 Å². The highest BCUT2D eigenvalue weighted by Crippen LogP contribution is 2.32. The average Bonchev–Trinajstić information content (AvgIpc) is 3.14. The number of hydrogen-bond acceptors (Lipinski definition) is 4. The largest absolute Gasteiger partial charge is 0.361 e. The number of pyridine rings is 2. The Hall–Kier alpha value is -2.95. The van der Waals surface area contributed by atoms with Crippen molar-refractivity contribution in [3.05, 3.63) is 65.6 Å². The fourth-order valence-electron chi connectivity index (χ4n) is 3.41. The van der Waals surface area contributed by atoms with Crippen molar-refractivity contribution in [3.8, 4) is 11.1 Å². The van der Waals surface area contributed by atoms with E-state index in [1.807, 2.05) is 38.4 Å². The second-order valence-electron chi connectivity index (χ2n) is 6.44. The maximum Gasteiger partial charge on any atom is 0.141 e. The van der Waals surface area contributed by atoms with Gasteiger partial charge in [-0.3, -0.25) is 9.97 Å². The molecule has 0 aliphatic rings. The van der Waals surface area contributed by atoms with Gasteiger partial charge in [-0.1, -0.05) is 11.2 Å². The third kappa shape index (κ3) is 2.52. The maximum absolute atomic E-state index is 5.32. The van der Waals surface area contributed by atoms with E-state index >= 15 is 0 Å². The molecule has 0 bridgehead atoms. The van der Waals surface area contributed by atoms with Gasteiger partial charge < -0.3 is 9.09 Å². The first-order valence-electron chi connectivity index (χ1n) is 8.37. The first-order chi connectivity index (χ1) is 12.1. The Kier molecular flexibility index (Phi) is 3.64. The van der Waals surface area contributed by atoms with Gasteiger partial charge in [-0.25, -0.2) is 0 Å². The highest BCUT2D eigenvalue weighted by atomic mass is 16.5. The Morgan fingerprint density at radius 1 is 1.12 bits per heavy atom. The van der Waals surface area contributed by atoms with Gasteiger partial charge in [0, 0.05) is 29.7 Å². The second kappa shape index (κ2) is 5.84. The van der Waals surface area contributed by atoms with E-state index in [2.05, 4.69) is 46.9 Å². The highest BCUT2D eigenvalue weighted by molar-refractivity contribution is 5.85. The van der Waals surface area contributed by atoms with Crippen LogP contribution in [0.5, 0.6) is 0 Å². The second-order valence-corrected chi connectivity index (χ2v) is 6.44. The number of aromatic nitrogens is 4. The molecule has 0 unspecified atom stereocenters. The summed E-state index contributed by atoms with van der Waals surface area (Å²) in [6.07, 6.45) is 5.88. The van der Waals surface area contributed by atoms with Crippen molar-refractivity contribution in [2.45, 2.75) is 33.7 Å². The summed E-state index contributed by atoms with van der Waals surface area (Å²) < 4.78 is 7.56. The summed E-state index contributed by atoms with van der Waals surface area (Å²) in [5.41, 5.74) is 7.21. The summed E-state index contributed by atoms with van der Waals surface area (Å²) in [5, 5.41) is 4.06. The van der Waals surface area contributed by atoms with E-state index in [0.717, 1.165) is 44.9 Å². The quantitative estimate of drug-likeness (QED) is 0.549. The van der Waals surface area contributed by atoms with E-state index in [-0.39, 0.29) is 6.04 Å². The van der Waals surface area contributed by atoms with Crippen LogP contribution < -0.4 is 0 Å². The van der Waals surface area contributed by atoms with Crippen molar-refractivity contribution in [2.75, 3.05) is 0 Å². The molecule has 0 radical (unpaired) electrons. The van der Waals surface area contributed by atoms with E-state index < -0.39 is 0 Å². The lowest BCUT2D eigenvalue weighted by Crippen LogP contribution is -2.07. The van der Waals surface area contributed by atoms with Crippen LogP contribution in [0.4, 0.5) is 0 Å². The Morgan fingerprint density at radius 3 is 2.64 bits per heavy atom. The van der Waals surface area contributed by atoms with Gasteiger partial charge in [0.2, 0.25) is 0 Å². The smallest absolute Gasteiger partial charge is 0.141 e. The molecule has 0 saturated carbocycles. The van der Waals surface area contributed by atoms with Crippen LogP contribution in [0.2, 0.25) is 0 Å². The van der Waals surface area contributed by atoms with Gasteiger partial charge in [0.1, 0.15) is 5.76 Å². The number of fused-ring (bicyclic) bond motifs is 1. The zero-order valence-electron chi connectivity index (χ0n) is 14.8. The summed E-state index contributed by atoms with van der Waals surface area (Å²) in [6, 6.07) is 8.30. The SMILES string of the molecule is Cc1noc(C)c1-c1cnc2c(C)cn([C@H](C)c3ccccn3)c2c1. The molecular formula is C20H20N4O. The molecule has 126 valence electrons. The lowest BCUT2D eigenvalue weighted by atomic mass is 10.1. The molecule has 0 saturated heterocycles. The fourth-order valence-corrected chi connectivity index (χ4v) is 3.41. The number of rotatable bonds is 3. The van der Waals surface area contributed by atoms with Crippen LogP contribution in [0.15, 0.2) is 47.4 Å². The normalized spacial score (nSPS) is 12.6. The summed E-state index contributed by atoms with van der Waals surface area (Å²) in [7, 11) is 0. The van der Waals surface area contributed by atoms with Crippen LogP contribution in [-0.2, 0) is 0 Å². The summed E-state index contributed by atoms with van der Waals surface area (Å²) in [6.45, 7) is 8.13. The highest BCUT2D eigenvalue weighted by Gasteiger charge is 2.17. The fraction of sp³-hybridized carbons (Fsp3) is 0.250. The van der Waals surface area contributed by atoms with E-state index in [9.17, 15) is 0 Å². The lowest BCUT2D eigenvalue weighted by Gasteiger charge is -2.15. The summed E-state index contributed by atoms with van der Waals surface area (Å²) >= 11 is 0. The van der Waals surface area contributed by atoms with Gasteiger partial charge in [0.25, 0.3) is 0 Å². The molecule has 25 heavy (non-hydrogen) atoms. The van der Waals surface area contributed by atoms with Gasteiger partial charge >= 0.3 is 0 Å². The standard InChI is InChI=1S/C20H20N4O/c1-12-11-24(14(3)17-7-5-6-8-21-17)18-9-16(10-22-20(12)18)19-13(2)23-25-15(19)4/h5-11,14H,1-4H3/t14-/m1/s1. The predicted molar refractivity (Wildman–Crippen MR) is 97.5 cm³/mol. The zero-order valence-corrected chi connectivity index (χ0v) is 14.8. The van der Waals surface area contributed by atoms with Crippen molar-refractivity contribution in [2.24, 2.45) is 0 Å². The molecule has 1 atom stereocenters. The van der Waals surface area contributed by atoms with Gasteiger partial charge in [-0.05, 0) is 51.5 Å². The molecule has 0 N–H and O–H groups in total. The van der Waals surface area contributed by atoms with Crippen molar-refractivity contribution in [3.63, 3.8) is 0 Å². The third-order valence-corrected chi connectivity index (χ3v) is 4.71.